The number of carbonyl (C=O) groups excluding carboxylic acids is 2. The molecule has 1 heterocycles. The molecule has 0 aromatic carbocycles. The molecule has 6 nitrogen and oxygen atoms in total. The van der Waals surface area contributed by atoms with Crippen LogP contribution in [0, 0.1) is 34.0 Å². The van der Waals surface area contributed by atoms with E-state index in [1.807, 2.05) is 12.1 Å². The molecule has 0 aromatic rings. The van der Waals surface area contributed by atoms with Gasteiger partial charge in [-0.05, 0) is 0 Å². The van der Waals surface area contributed by atoms with Gasteiger partial charge in [0.2, 0.25) is 11.8 Å². The first-order valence-corrected chi connectivity index (χ1v) is 6.09. The van der Waals surface area contributed by atoms with Crippen molar-refractivity contribution in [3.05, 3.63) is 10.6 Å². The summed E-state index contributed by atoms with van der Waals surface area (Å²) in [5.41, 5.74) is 4.43. The third-order valence-electron chi connectivity index (χ3n) is 2.69. The van der Waals surface area contributed by atoms with Crippen LogP contribution in [0.25, 0.3) is 0 Å². The first-order valence-electron chi connectivity index (χ1n) is 5.11. The predicted molar refractivity (Wildman–Crippen MR) is 65.3 cm³/mol. The number of nitriles is 2. The third-order valence-corrected chi connectivity index (χ3v) is 3.72. The molecular formula is C11H12N4O2S. The molecule has 18 heavy (non-hydrogen) atoms. The molecule has 0 spiro atoms. The maximum atomic E-state index is 11.8. The van der Waals surface area contributed by atoms with Crippen LogP contribution in [-0.2, 0) is 9.59 Å². The van der Waals surface area contributed by atoms with Crippen LogP contribution in [-0.4, -0.2) is 17.6 Å². The average molecular weight is 264 g/mol. The fourth-order valence-electron chi connectivity index (χ4n) is 1.68. The Bertz CT molecular complexity index is 510. The van der Waals surface area contributed by atoms with Gasteiger partial charge in [-0.25, -0.2) is 0 Å². The lowest BCUT2D eigenvalue weighted by molar-refractivity contribution is -0.125. The van der Waals surface area contributed by atoms with E-state index in [0.29, 0.717) is 10.6 Å². The molecule has 1 unspecified atom stereocenters. The van der Waals surface area contributed by atoms with Gasteiger partial charge in [-0.3, -0.25) is 9.59 Å². The smallest absolute Gasteiger partial charge is 0.243 e. The van der Waals surface area contributed by atoms with E-state index >= 15 is 0 Å². The largest absolute Gasteiger partial charge is 0.369 e. The van der Waals surface area contributed by atoms with E-state index in [4.69, 9.17) is 16.3 Å². The monoisotopic (exact) mass is 264 g/mol. The second-order valence-electron chi connectivity index (χ2n) is 4.34. The van der Waals surface area contributed by atoms with Crippen molar-refractivity contribution in [2.75, 3.05) is 5.75 Å². The standard InChI is InChI=1S/C11H12N4O2S/c1-11(2)6(3-12)9(17)15-10(7(11)4-13)18-5-8(14)16/h6H,5H2,1-2H3,(H2,14,16)(H,15,17). The summed E-state index contributed by atoms with van der Waals surface area (Å²) in [5.74, 6) is -1.97. The normalized spacial score (nSPS) is 21.8. The van der Waals surface area contributed by atoms with E-state index in [0.717, 1.165) is 11.8 Å². The van der Waals surface area contributed by atoms with E-state index in [-0.39, 0.29) is 5.75 Å². The van der Waals surface area contributed by atoms with Gasteiger partial charge < -0.3 is 11.1 Å². The van der Waals surface area contributed by atoms with Crippen molar-refractivity contribution < 1.29 is 9.59 Å². The van der Waals surface area contributed by atoms with E-state index in [2.05, 4.69) is 5.32 Å². The number of nitrogens with zero attached hydrogens (tertiary/aromatic N) is 2. The van der Waals surface area contributed by atoms with Gasteiger partial charge in [-0.1, -0.05) is 25.6 Å². The number of carbonyl (C=O) groups is 2. The van der Waals surface area contributed by atoms with Crippen LogP contribution in [0.5, 0.6) is 0 Å². The molecular weight excluding hydrogens is 252 g/mol. The zero-order valence-corrected chi connectivity index (χ0v) is 10.8. The van der Waals surface area contributed by atoms with E-state index < -0.39 is 23.1 Å². The molecule has 0 saturated carbocycles. The highest BCUT2D eigenvalue weighted by Crippen LogP contribution is 2.41. The Morgan fingerprint density at radius 2 is 2.17 bits per heavy atom. The Morgan fingerprint density at radius 3 is 2.61 bits per heavy atom. The molecule has 0 saturated heterocycles. The summed E-state index contributed by atoms with van der Waals surface area (Å²) < 4.78 is 0. The minimum absolute atomic E-state index is 0.0336. The minimum atomic E-state index is -0.926. The van der Waals surface area contributed by atoms with Gasteiger partial charge in [0.25, 0.3) is 0 Å². The summed E-state index contributed by atoms with van der Waals surface area (Å²) in [6.45, 7) is 3.31. The van der Waals surface area contributed by atoms with Gasteiger partial charge >= 0.3 is 0 Å². The fraction of sp³-hybridized carbons (Fsp3) is 0.455. The fourth-order valence-corrected chi connectivity index (χ4v) is 2.59. The lowest BCUT2D eigenvalue weighted by atomic mass is 9.72. The molecule has 0 aliphatic carbocycles. The lowest BCUT2D eigenvalue weighted by Gasteiger charge is -2.34. The Kier molecular flexibility index (Phi) is 4.00. The molecule has 0 fully saturated rings. The van der Waals surface area contributed by atoms with Crippen LogP contribution in [0.4, 0.5) is 0 Å². The average Bonchev–Trinajstić information content (AvgIpc) is 2.25. The Hall–Kier alpha value is -1.99. The van der Waals surface area contributed by atoms with Gasteiger partial charge in [0.15, 0.2) is 0 Å². The first-order chi connectivity index (χ1) is 8.34. The van der Waals surface area contributed by atoms with Gasteiger partial charge in [0.05, 0.1) is 28.5 Å². The van der Waals surface area contributed by atoms with Crippen molar-refractivity contribution in [3.63, 3.8) is 0 Å². The van der Waals surface area contributed by atoms with Gasteiger partial charge in [0, 0.05) is 5.41 Å². The molecule has 0 bridgehead atoms. The molecule has 0 radical (unpaired) electrons. The number of allylic oxidation sites excluding steroid dienone is 1. The van der Waals surface area contributed by atoms with Crippen LogP contribution in [0.1, 0.15) is 13.8 Å². The molecule has 3 N–H and O–H groups in total. The second-order valence-corrected chi connectivity index (χ2v) is 5.33. The zero-order chi connectivity index (χ0) is 13.9. The van der Waals surface area contributed by atoms with Crippen molar-refractivity contribution in [1.29, 1.82) is 10.5 Å². The summed E-state index contributed by atoms with van der Waals surface area (Å²) in [5, 5.41) is 20.9. The highest BCUT2D eigenvalue weighted by atomic mass is 32.2. The lowest BCUT2D eigenvalue weighted by Crippen LogP contribution is -2.44. The molecule has 1 aliphatic heterocycles. The number of hydrogen-bond acceptors (Lipinski definition) is 5. The van der Waals surface area contributed by atoms with E-state index in [1.54, 1.807) is 13.8 Å². The predicted octanol–water partition coefficient (Wildman–Crippen LogP) is 0.236. The number of primary amides is 1. The summed E-state index contributed by atoms with van der Waals surface area (Å²) in [7, 11) is 0. The maximum absolute atomic E-state index is 11.8. The third kappa shape index (κ3) is 2.47. The Labute approximate surface area is 109 Å². The van der Waals surface area contributed by atoms with Crippen LogP contribution in [0.15, 0.2) is 10.6 Å². The number of amides is 2. The van der Waals surface area contributed by atoms with Gasteiger partial charge in [-0.2, -0.15) is 10.5 Å². The summed E-state index contributed by atoms with van der Waals surface area (Å²) >= 11 is 0.998. The SMILES string of the molecule is CC1(C)C(C#N)=C(SCC(N)=O)NC(=O)C1C#N. The molecule has 7 heteroatoms. The summed E-state index contributed by atoms with van der Waals surface area (Å²) in [6, 6.07) is 3.89. The number of thioether (sulfide) groups is 1. The first kappa shape index (κ1) is 14.1. The summed E-state index contributed by atoms with van der Waals surface area (Å²) in [4.78, 5) is 22.5. The minimum Gasteiger partial charge on any atom is -0.369 e. The molecule has 1 aliphatic rings. The molecule has 0 aromatic heterocycles. The van der Waals surface area contributed by atoms with Crippen LogP contribution >= 0.6 is 11.8 Å². The Balaban J connectivity index is 3.18. The van der Waals surface area contributed by atoms with Crippen molar-refractivity contribution in [3.8, 4) is 12.1 Å². The molecule has 94 valence electrons. The number of nitrogens with one attached hydrogen (secondary N) is 1. The van der Waals surface area contributed by atoms with Gasteiger partial charge in [0.1, 0.15) is 5.92 Å². The molecule has 1 atom stereocenters. The maximum Gasteiger partial charge on any atom is 0.243 e. The number of nitrogens with two attached hydrogens (primary N) is 1. The number of rotatable bonds is 3. The second kappa shape index (κ2) is 5.11. The number of hydrogen-bond donors (Lipinski definition) is 2. The van der Waals surface area contributed by atoms with Crippen molar-refractivity contribution >= 4 is 23.6 Å². The molecule has 2 amide bonds. The van der Waals surface area contributed by atoms with Gasteiger partial charge in [-0.15, -0.1) is 0 Å². The van der Waals surface area contributed by atoms with Crippen molar-refractivity contribution in [2.45, 2.75) is 13.8 Å². The topological polar surface area (TPSA) is 120 Å². The van der Waals surface area contributed by atoms with Crippen molar-refractivity contribution in [2.24, 2.45) is 17.1 Å². The quantitative estimate of drug-likeness (QED) is 0.756. The van der Waals surface area contributed by atoms with E-state index in [1.165, 1.54) is 0 Å². The Morgan fingerprint density at radius 1 is 1.56 bits per heavy atom. The van der Waals surface area contributed by atoms with Crippen LogP contribution in [0.2, 0.25) is 0 Å². The highest BCUT2D eigenvalue weighted by molar-refractivity contribution is 8.03. The van der Waals surface area contributed by atoms with Crippen molar-refractivity contribution in [1.82, 2.24) is 5.32 Å². The van der Waals surface area contributed by atoms with E-state index in [9.17, 15) is 9.59 Å². The van der Waals surface area contributed by atoms with Crippen LogP contribution < -0.4 is 11.1 Å². The van der Waals surface area contributed by atoms with Crippen LogP contribution in [0.3, 0.4) is 0 Å². The summed E-state index contributed by atoms with van der Waals surface area (Å²) in [6.07, 6.45) is 0. The molecule has 1 rings (SSSR count). The zero-order valence-electron chi connectivity index (χ0n) is 9.98. The highest BCUT2D eigenvalue weighted by Gasteiger charge is 2.44.